The quantitative estimate of drug-likeness (QED) is 0.867. The Morgan fingerprint density at radius 1 is 1.21 bits per heavy atom. The van der Waals surface area contributed by atoms with Crippen LogP contribution < -0.4 is 9.88 Å². The standard InChI is InChI=1S/C15H15BrN2O/c1-11-4-3-9-18(12(11)2)10-15(19)17-14-7-5-13(16)6-8-14/h3-9H,10H2,1-2H3/p+1. The molecule has 0 atom stereocenters. The molecule has 98 valence electrons. The van der Waals surface area contributed by atoms with Crippen LogP contribution in [0.2, 0.25) is 0 Å². The average Bonchev–Trinajstić information content (AvgIpc) is 2.38. The number of pyridine rings is 1. The first-order valence-corrected chi connectivity index (χ1v) is 6.86. The Morgan fingerprint density at radius 3 is 2.58 bits per heavy atom. The second-order valence-electron chi connectivity index (χ2n) is 4.46. The number of anilines is 1. The summed E-state index contributed by atoms with van der Waals surface area (Å²) >= 11 is 3.37. The van der Waals surface area contributed by atoms with E-state index in [4.69, 9.17) is 0 Å². The third kappa shape index (κ3) is 3.64. The van der Waals surface area contributed by atoms with Gasteiger partial charge in [-0.3, -0.25) is 4.79 Å². The molecular weight excluding hydrogens is 304 g/mol. The fourth-order valence-electron chi connectivity index (χ4n) is 1.81. The van der Waals surface area contributed by atoms with Gasteiger partial charge in [0.25, 0.3) is 5.91 Å². The first kappa shape index (κ1) is 13.7. The molecule has 0 spiro atoms. The van der Waals surface area contributed by atoms with Crippen LogP contribution in [0.15, 0.2) is 47.1 Å². The first-order valence-electron chi connectivity index (χ1n) is 6.07. The minimum atomic E-state index is -0.0268. The van der Waals surface area contributed by atoms with Gasteiger partial charge in [-0.25, -0.2) is 0 Å². The molecule has 0 aliphatic heterocycles. The smallest absolute Gasteiger partial charge is 0.290 e. The van der Waals surface area contributed by atoms with Crippen LogP contribution in [-0.2, 0) is 11.3 Å². The van der Waals surface area contributed by atoms with E-state index in [1.165, 1.54) is 5.56 Å². The molecule has 0 radical (unpaired) electrons. The molecule has 0 aliphatic rings. The molecule has 19 heavy (non-hydrogen) atoms. The molecule has 4 heteroatoms. The maximum absolute atomic E-state index is 12.0. The fourth-order valence-corrected chi connectivity index (χ4v) is 2.07. The highest BCUT2D eigenvalue weighted by Crippen LogP contribution is 2.13. The Labute approximate surface area is 121 Å². The SMILES string of the molecule is Cc1ccc[n+](CC(=O)Nc2ccc(Br)cc2)c1C. The monoisotopic (exact) mass is 319 g/mol. The minimum absolute atomic E-state index is 0.0268. The maximum atomic E-state index is 12.0. The normalized spacial score (nSPS) is 10.3. The van der Waals surface area contributed by atoms with Crippen LogP contribution in [0.4, 0.5) is 5.69 Å². The maximum Gasteiger partial charge on any atom is 0.290 e. The van der Waals surface area contributed by atoms with Crippen LogP contribution in [0.1, 0.15) is 11.3 Å². The van der Waals surface area contributed by atoms with Crippen molar-refractivity contribution in [3.63, 3.8) is 0 Å². The molecule has 1 aromatic heterocycles. The van der Waals surface area contributed by atoms with Gasteiger partial charge in [-0.2, -0.15) is 4.57 Å². The van der Waals surface area contributed by atoms with Crippen LogP contribution in [0, 0.1) is 13.8 Å². The van der Waals surface area contributed by atoms with Crippen molar-refractivity contribution in [1.82, 2.24) is 0 Å². The van der Waals surface area contributed by atoms with Crippen molar-refractivity contribution in [1.29, 1.82) is 0 Å². The molecule has 0 fully saturated rings. The predicted molar refractivity (Wildman–Crippen MR) is 78.9 cm³/mol. The highest BCUT2D eigenvalue weighted by molar-refractivity contribution is 9.10. The van der Waals surface area contributed by atoms with Crippen LogP contribution in [0.25, 0.3) is 0 Å². The first-order chi connectivity index (χ1) is 9.06. The Balaban J connectivity index is 2.05. The number of aryl methyl sites for hydroxylation is 1. The molecule has 0 saturated heterocycles. The van der Waals surface area contributed by atoms with E-state index in [0.717, 1.165) is 15.9 Å². The van der Waals surface area contributed by atoms with Crippen molar-refractivity contribution in [2.75, 3.05) is 5.32 Å². The summed E-state index contributed by atoms with van der Waals surface area (Å²) in [5.41, 5.74) is 3.09. The Bertz CT molecular complexity index is 594. The molecule has 3 nitrogen and oxygen atoms in total. The van der Waals surface area contributed by atoms with E-state index in [1.807, 2.05) is 61.0 Å². The molecule has 1 amide bonds. The molecule has 1 N–H and O–H groups in total. The Kier molecular flexibility index (Phi) is 4.32. The molecule has 0 unspecified atom stereocenters. The van der Waals surface area contributed by atoms with E-state index < -0.39 is 0 Å². The number of hydrogen-bond acceptors (Lipinski definition) is 1. The molecule has 2 aromatic rings. The number of hydrogen-bond donors (Lipinski definition) is 1. The number of rotatable bonds is 3. The Morgan fingerprint density at radius 2 is 1.89 bits per heavy atom. The number of benzene rings is 1. The molecule has 0 aliphatic carbocycles. The number of carbonyl (C=O) groups excluding carboxylic acids is 1. The van der Waals surface area contributed by atoms with Gasteiger partial charge in [0.05, 0.1) is 0 Å². The molecule has 1 heterocycles. The van der Waals surface area contributed by atoms with Crippen molar-refractivity contribution in [3.05, 3.63) is 58.3 Å². The van der Waals surface area contributed by atoms with Crippen LogP contribution >= 0.6 is 15.9 Å². The topological polar surface area (TPSA) is 33.0 Å². The number of nitrogens with zero attached hydrogens (tertiary/aromatic N) is 1. The highest BCUT2D eigenvalue weighted by atomic mass is 79.9. The largest absolute Gasteiger partial charge is 0.321 e. The number of carbonyl (C=O) groups is 1. The van der Waals surface area contributed by atoms with Gasteiger partial charge in [0.15, 0.2) is 11.9 Å². The molecular formula is C15H16BrN2O+. The summed E-state index contributed by atoms with van der Waals surface area (Å²) in [6, 6.07) is 11.5. The third-order valence-corrected chi connectivity index (χ3v) is 3.58. The van der Waals surface area contributed by atoms with Crippen LogP contribution in [0.3, 0.4) is 0 Å². The summed E-state index contributed by atoms with van der Waals surface area (Å²) in [5, 5.41) is 2.88. The Hall–Kier alpha value is -1.68. The second kappa shape index (κ2) is 5.97. The van der Waals surface area contributed by atoms with Crippen LogP contribution in [-0.4, -0.2) is 5.91 Å². The van der Waals surface area contributed by atoms with Gasteiger partial charge >= 0.3 is 0 Å². The summed E-state index contributed by atoms with van der Waals surface area (Å²) in [7, 11) is 0. The van der Waals surface area contributed by atoms with E-state index in [2.05, 4.69) is 21.2 Å². The average molecular weight is 320 g/mol. The van der Waals surface area contributed by atoms with Crippen molar-refractivity contribution in [2.45, 2.75) is 20.4 Å². The van der Waals surface area contributed by atoms with E-state index in [-0.39, 0.29) is 5.91 Å². The molecule has 0 bridgehead atoms. The van der Waals surface area contributed by atoms with Crippen molar-refractivity contribution in [2.24, 2.45) is 0 Å². The zero-order valence-electron chi connectivity index (χ0n) is 11.0. The van der Waals surface area contributed by atoms with Gasteiger partial charge in [0.2, 0.25) is 6.54 Å². The summed E-state index contributed by atoms with van der Waals surface area (Å²) in [5.74, 6) is -0.0268. The number of nitrogens with one attached hydrogen (secondary N) is 1. The van der Waals surface area contributed by atoms with Crippen molar-refractivity contribution in [3.8, 4) is 0 Å². The van der Waals surface area contributed by atoms with Gasteiger partial charge in [-0.15, -0.1) is 0 Å². The molecule has 0 saturated carbocycles. The van der Waals surface area contributed by atoms with Crippen molar-refractivity contribution < 1.29 is 9.36 Å². The van der Waals surface area contributed by atoms with Crippen molar-refractivity contribution >= 4 is 27.5 Å². The van der Waals surface area contributed by atoms with E-state index in [0.29, 0.717) is 6.54 Å². The highest BCUT2D eigenvalue weighted by Gasteiger charge is 2.13. The van der Waals surface area contributed by atoms with Gasteiger partial charge in [0, 0.05) is 28.7 Å². The second-order valence-corrected chi connectivity index (χ2v) is 5.38. The predicted octanol–water partition coefficient (Wildman–Crippen LogP) is 2.99. The minimum Gasteiger partial charge on any atom is -0.321 e. The summed E-state index contributed by atoms with van der Waals surface area (Å²) in [6.07, 6.45) is 1.92. The van der Waals surface area contributed by atoms with Crippen LogP contribution in [0.5, 0.6) is 0 Å². The van der Waals surface area contributed by atoms with E-state index in [1.54, 1.807) is 0 Å². The van der Waals surface area contributed by atoms with Gasteiger partial charge in [0.1, 0.15) is 0 Å². The van der Waals surface area contributed by atoms with Gasteiger partial charge in [-0.05, 0) is 37.3 Å². The summed E-state index contributed by atoms with van der Waals surface area (Å²) in [6.45, 7) is 4.38. The third-order valence-electron chi connectivity index (χ3n) is 3.06. The lowest BCUT2D eigenvalue weighted by atomic mass is 10.2. The fraction of sp³-hybridized carbons (Fsp3) is 0.200. The summed E-state index contributed by atoms with van der Waals surface area (Å²) < 4.78 is 2.94. The van der Waals surface area contributed by atoms with Gasteiger partial charge in [-0.1, -0.05) is 15.9 Å². The number of aromatic nitrogens is 1. The zero-order valence-corrected chi connectivity index (χ0v) is 12.6. The number of halogens is 1. The van der Waals surface area contributed by atoms with E-state index >= 15 is 0 Å². The number of amides is 1. The lowest BCUT2D eigenvalue weighted by molar-refractivity contribution is -0.690. The summed E-state index contributed by atoms with van der Waals surface area (Å²) in [4.78, 5) is 12.0. The molecule has 1 aromatic carbocycles. The molecule has 2 rings (SSSR count). The zero-order chi connectivity index (χ0) is 13.8. The lowest BCUT2D eigenvalue weighted by Crippen LogP contribution is -2.43. The van der Waals surface area contributed by atoms with Gasteiger partial charge < -0.3 is 5.32 Å². The lowest BCUT2D eigenvalue weighted by Gasteiger charge is -2.05. The van der Waals surface area contributed by atoms with E-state index in [9.17, 15) is 4.79 Å².